The van der Waals surface area contributed by atoms with Crippen molar-refractivity contribution in [1.29, 1.82) is 0 Å². The first kappa shape index (κ1) is 11.3. The lowest BCUT2D eigenvalue weighted by atomic mass is 10.0. The van der Waals surface area contributed by atoms with Crippen molar-refractivity contribution in [2.45, 2.75) is 0 Å². The van der Waals surface area contributed by atoms with Gasteiger partial charge >= 0.3 is 0 Å². The molecule has 0 fully saturated rings. The van der Waals surface area contributed by atoms with E-state index in [1.54, 1.807) is 36.7 Å². The van der Waals surface area contributed by atoms with Gasteiger partial charge in [-0.3, -0.25) is 0 Å². The number of nitrogen functional groups attached to an aromatic ring is 1. The van der Waals surface area contributed by atoms with E-state index >= 15 is 0 Å². The second-order valence-electron chi connectivity index (χ2n) is 3.82. The van der Waals surface area contributed by atoms with E-state index in [-0.39, 0.29) is 5.88 Å². The van der Waals surface area contributed by atoms with Gasteiger partial charge in [0.1, 0.15) is 5.82 Å². The van der Waals surface area contributed by atoms with Crippen molar-refractivity contribution in [1.82, 2.24) is 15.1 Å². The maximum Gasteiger partial charge on any atom is 0.230 e. The number of hydrogen-bond acceptors (Lipinski definition) is 5. The molecule has 0 atom stereocenters. The minimum atomic E-state index is -0.408. The Morgan fingerprint density at radius 1 is 1.05 bits per heavy atom. The van der Waals surface area contributed by atoms with Gasteiger partial charge in [0, 0.05) is 18.0 Å². The van der Waals surface area contributed by atoms with Gasteiger partial charge in [-0.15, -0.1) is 0 Å². The summed E-state index contributed by atoms with van der Waals surface area (Å²) in [5, 5.41) is 3.81. The van der Waals surface area contributed by atoms with E-state index in [1.807, 2.05) is 0 Å². The lowest BCUT2D eigenvalue weighted by Gasteiger charge is -2.02. The molecule has 0 unspecified atom stereocenters. The van der Waals surface area contributed by atoms with Crippen molar-refractivity contribution in [3.05, 3.63) is 48.5 Å². The van der Waals surface area contributed by atoms with Crippen LogP contribution in [0.3, 0.4) is 0 Å². The molecule has 5 nitrogen and oxygen atoms in total. The molecule has 3 aromatic rings. The molecule has 0 spiro atoms. The van der Waals surface area contributed by atoms with Crippen molar-refractivity contribution in [3.8, 4) is 22.6 Å². The Labute approximate surface area is 107 Å². The fourth-order valence-electron chi connectivity index (χ4n) is 1.80. The smallest absolute Gasteiger partial charge is 0.230 e. The zero-order valence-electron chi connectivity index (χ0n) is 9.75. The average Bonchev–Trinajstić information content (AvgIpc) is 2.82. The SMILES string of the molecule is Nc1onc(-c2ncccn2)c1-c1ccccc1F. The van der Waals surface area contributed by atoms with E-state index < -0.39 is 5.82 Å². The minimum Gasteiger partial charge on any atom is -0.367 e. The Hall–Kier alpha value is -2.76. The van der Waals surface area contributed by atoms with Crippen LogP contribution in [0, 0.1) is 5.82 Å². The van der Waals surface area contributed by atoms with Gasteiger partial charge in [-0.25, -0.2) is 14.4 Å². The third-order valence-corrected chi connectivity index (χ3v) is 2.64. The third kappa shape index (κ3) is 1.93. The molecule has 0 amide bonds. The molecule has 2 heterocycles. The van der Waals surface area contributed by atoms with Gasteiger partial charge in [0.15, 0.2) is 11.5 Å². The first-order valence-electron chi connectivity index (χ1n) is 5.55. The van der Waals surface area contributed by atoms with Crippen LogP contribution in [0.4, 0.5) is 10.3 Å². The summed E-state index contributed by atoms with van der Waals surface area (Å²) in [4.78, 5) is 8.13. The van der Waals surface area contributed by atoms with E-state index in [0.29, 0.717) is 22.6 Å². The van der Waals surface area contributed by atoms with Crippen LogP contribution in [0.25, 0.3) is 22.6 Å². The fraction of sp³-hybridized carbons (Fsp3) is 0. The highest BCUT2D eigenvalue weighted by molar-refractivity contribution is 5.84. The Bertz CT molecular complexity index is 712. The van der Waals surface area contributed by atoms with Crippen molar-refractivity contribution in [2.24, 2.45) is 0 Å². The molecule has 0 aliphatic heterocycles. The topological polar surface area (TPSA) is 77.8 Å². The van der Waals surface area contributed by atoms with Crippen LogP contribution in [0.15, 0.2) is 47.2 Å². The number of anilines is 1. The number of aromatic nitrogens is 3. The molecular weight excluding hydrogens is 247 g/mol. The zero-order valence-corrected chi connectivity index (χ0v) is 9.75. The fourth-order valence-corrected chi connectivity index (χ4v) is 1.80. The summed E-state index contributed by atoms with van der Waals surface area (Å²) >= 11 is 0. The van der Waals surface area contributed by atoms with E-state index in [0.717, 1.165) is 0 Å². The molecule has 6 heteroatoms. The van der Waals surface area contributed by atoms with Crippen LogP contribution < -0.4 is 5.73 Å². The van der Waals surface area contributed by atoms with E-state index in [9.17, 15) is 4.39 Å². The second-order valence-corrected chi connectivity index (χ2v) is 3.82. The van der Waals surface area contributed by atoms with Crippen molar-refractivity contribution in [2.75, 3.05) is 5.73 Å². The van der Waals surface area contributed by atoms with Crippen molar-refractivity contribution < 1.29 is 8.91 Å². The quantitative estimate of drug-likeness (QED) is 0.762. The molecule has 2 aromatic heterocycles. The first-order chi connectivity index (χ1) is 9.27. The molecule has 2 N–H and O–H groups in total. The number of halogens is 1. The molecule has 0 saturated heterocycles. The Morgan fingerprint density at radius 3 is 2.53 bits per heavy atom. The van der Waals surface area contributed by atoms with Crippen LogP contribution in [0.1, 0.15) is 0 Å². The van der Waals surface area contributed by atoms with Gasteiger partial charge in [-0.2, -0.15) is 0 Å². The zero-order chi connectivity index (χ0) is 13.2. The van der Waals surface area contributed by atoms with Gasteiger partial charge in [-0.1, -0.05) is 23.4 Å². The van der Waals surface area contributed by atoms with Crippen molar-refractivity contribution in [3.63, 3.8) is 0 Å². The van der Waals surface area contributed by atoms with Gasteiger partial charge < -0.3 is 10.3 Å². The summed E-state index contributed by atoms with van der Waals surface area (Å²) in [6, 6.07) is 7.93. The Kier molecular flexibility index (Phi) is 2.68. The lowest BCUT2D eigenvalue weighted by Crippen LogP contribution is -1.93. The predicted molar refractivity (Wildman–Crippen MR) is 67.3 cm³/mol. The molecule has 0 aliphatic carbocycles. The summed E-state index contributed by atoms with van der Waals surface area (Å²) in [6.07, 6.45) is 3.14. The summed E-state index contributed by atoms with van der Waals surface area (Å²) in [7, 11) is 0. The highest BCUT2D eigenvalue weighted by Gasteiger charge is 2.21. The normalized spacial score (nSPS) is 10.6. The molecule has 0 saturated carbocycles. The van der Waals surface area contributed by atoms with Crippen LogP contribution in [0.5, 0.6) is 0 Å². The molecule has 0 radical (unpaired) electrons. The molecule has 19 heavy (non-hydrogen) atoms. The highest BCUT2D eigenvalue weighted by Crippen LogP contribution is 2.35. The Balaban J connectivity index is 2.23. The molecule has 94 valence electrons. The number of nitrogens with zero attached hydrogens (tertiary/aromatic N) is 3. The summed E-state index contributed by atoms with van der Waals surface area (Å²) < 4.78 is 18.8. The molecule has 1 aromatic carbocycles. The average molecular weight is 256 g/mol. The number of rotatable bonds is 2. The van der Waals surface area contributed by atoms with Crippen molar-refractivity contribution >= 4 is 5.88 Å². The van der Waals surface area contributed by atoms with Gasteiger partial charge in [0.25, 0.3) is 0 Å². The van der Waals surface area contributed by atoms with E-state index in [4.69, 9.17) is 10.3 Å². The van der Waals surface area contributed by atoms with Gasteiger partial charge in [0.2, 0.25) is 5.88 Å². The van der Waals surface area contributed by atoms with E-state index in [2.05, 4.69) is 15.1 Å². The second kappa shape index (κ2) is 4.49. The van der Waals surface area contributed by atoms with Gasteiger partial charge in [-0.05, 0) is 12.1 Å². The standard InChI is InChI=1S/C13H9FN4O/c14-9-5-2-1-4-8(9)10-11(18-19-12(10)15)13-16-6-3-7-17-13/h1-7H,15H2. The number of hydrogen-bond donors (Lipinski definition) is 1. The monoisotopic (exact) mass is 256 g/mol. The molecule has 3 rings (SSSR count). The lowest BCUT2D eigenvalue weighted by molar-refractivity contribution is 0.439. The van der Waals surface area contributed by atoms with Crippen LogP contribution >= 0.6 is 0 Å². The van der Waals surface area contributed by atoms with Crippen LogP contribution in [-0.4, -0.2) is 15.1 Å². The molecular formula is C13H9FN4O. The largest absolute Gasteiger partial charge is 0.367 e. The van der Waals surface area contributed by atoms with Crippen LogP contribution in [0.2, 0.25) is 0 Å². The maximum atomic E-state index is 13.9. The van der Waals surface area contributed by atoms with Crippen LogP contribution in [-0.2, 0) is 0 Å². The third-order valence-electron chi connectivity index (χ3n) is 2.64. The molecule has 0 bridgehead atoms. The summed E-state index contributed by atoms with van der Waals surface area (Å²) in [6.45, 7) is 0. The maximum absolute atomic E-state index is 13.9. The molecule has 0 aliphatic rings. The number of nitrogens with two attached hydrogens (primary N) is 1. The van der Waals surface area contributed by atoms with E-state index in [1.165, 1.54) is 6.07 Å². The summed E-state index contributed by atoms with van der Waals surface area (Å²) in [5.41, 5.74) is 6.72. The Morgan fingerprint density at radius 2 is 1.79 bits per heavy atom. The summed E-state index contributed by atoms with van der Waals surface area (Å²) in [5.74, 6) is -0.0386. The minimum absolute atomic E-state index is 0.0348. The first-order valence-corrected chi connectivity index (χ1v) is 5.55. The van der Waals surface area contributed by atoms with Gasteiger partial charge in [0.05, 0.1) is 5.56 Å². The highest BCUT2D eigenvalue weighted by atomic mass is 19.1. The predicted octanol–water partition coefficient (Wildman–Crippen LogP) is 2.52. The number of benzene rings is 1.